The van der Waals surface area contributed by atoms with E-state index in [0.717, 1.165) is 50.1 Å². The van der Waals surface area contributed by atoms with Gasteiger partial charge in [-0.3, -0.25) is 0 Å². The lowest BCUT2D eigenvalue weighted by Gasteiger charge is -2.35. The Kier molecular flexibility index (Phi) is 8.24. The Balaban J connectivity index is 0.939. The van der Waals surface area contributed by atoms with Crippen LogP contribution in [0.2, 0.25) is 0 Å². The predicted octanol–water partition coefficient (Wildman–Crippen LogP) is 17.4. The molecule has 15 rings (SSSR count). The van der Waals surface area contributed by atoms with Crippen LogP contribution in [0, 0.1) is 0 Å². The topological polar surface area (TPSA) is 16.4 Å². The van der Waals surface area contributed by atoms with Gasteiger partial charge in [-0.05, 0) is 126 Å². The number of rotatable bonds is 6. The fourth-order valence-electron chi connectivity index (χ4n) is 13.0. The zero-order chi connectivity index (χ0) is 46.0. The van der Waals surface area contributed by atoms with Crippen molar-refractivity contribution < 1.29 is 4.42 Å². The van der Waals surface area contributed by atoms with Gasteiger partial charge in [0.1, 0.15) is 11.2 Å². The van der Waals surface area contributed by atoms with E-state index in [-0.39, 0.29) is 0 Å². The van der Waals surface area contributed by atoms with E-state index in [2.05, 4.69) is 260 Å². The van der Waals surface area contributed by atoms with E-state index in [1.54, 1.807) is 0 Å². The van der Waals surface area contributed by atoms with Crippen LogP contribution in [-0.4, -0.2) is 0 Å². The number of hydrogen-bond acceptors (Lipinski definition) is 2. The molecule has 3 aliphatic rings. The molecule has 2 nitrogen and oxygen atoms in total. The second-order valence-electron chi connectivity index (χ2n) is 19.0. The monoisotopic (exact) mass is 889 g/mol. The van der Waals surface area contributed by atoms with Gasteiger partial charge in [0.15, 0.2) is 0 Å². The van der Waals surface area contributed by atoms with Gasteiger partial charge in [-0.25, -0.2) is 0 Å². The molecule has 2 heteroatoms. The highest BCUT2D eigenvalue weighted by atomic mass is 16.3. The lowest BCUT2D eigenvalue weighted by molar-refractivity contribution is 0.670. The molecule has 11 aromatic carbocycles. The minimum Gasteiger partial charge on any atom is -0.455 e. The van der Waals surface area contributed by atoms with Gasteiger partial charge in [0.2, 0.25) is 0 Å². The quantitative estimate of drug-likeness (QED) is 0.165. The summed E-state index contributed by atoms with van der Waals surface area (Å²) < 4.78 is 6.55. The summed E-state index contributed by atoms with van der Waals surface area (Å²) in [5, 5.41) is 2.26. The first-order valence-electron chi connectivity index (χ1n) is 24.3. The van der Waals surface area contributed by atoms with Gasteiger partial charge in [-0.1, -0.05) is 218 Å². The van der Waals surface area contributed by atoms with Crippen molar-refractivity contribution in [2.24, 2.45) is 0 Å². The van der Waals surface area contributed by atoms with E-state index in [9.17, 15) is 0 Å². The van der Waals surface area contributed by atoms with Crippen LogP contribution in [0.5, 0.6) is 0 Å². The molecular formula is C68H43NO. The first-order chi connectivity index (χ1) is 34.7. The molecule has 0 amide bonds. The molecule has 0 aliphatic heterocycles. The number of para-hydroxylation sites is 2. The van der Waals surface area contributed by atoms with E-state index < -0.39 is 10.8 Å². The average Bonchev–Trinajstić information content (AvgIpc) is 4.15. The van der Waals surface area contributed by atoms with E-state index in [4.69, 9.17) is 4.42 Å². The van der Waals surface area contributed by atoms with Gasteiger partial charge in [-0.2, -0.15) is 0 Å². The molecule has 0 N–H and O–H groups in total. The van der Waals surface area contributed by atoms with Gasteiger partial charge < -0.3 is 9.32 Å². The van der Waals surface area contributed by atoms with Crippen molar-refractivity contribution in [3.05, 3.63) is 305 Å². The Morgan fingerprint density at radius 2 is 0.686 bits per heavy atom. The first-order valence-corrected chi connectivity index (χ1v) is 24.3. The van der Waals surface area contributed by atoms with Crippen molar-refractivity contribution in [2.75, 3.05) is 4.90 Å². The van der Waals surface area contributed by atoms with E-state index in [1.165, 1.54) is 77.9 Å². The molecule has 0 bridgehead atoms. The van der Waals surface area contributed by atoms with E-state index in [0.29, 0.717) is 0 Å². The number of nitrogens with zero attached hydrogens (tertiary/aromatic N) is 1. The first kappa shape index (κ1) is 39.1. The zero-order valence-corrected chi connectivity index (χ0v) is 38.2. The Hall–Kier alpha value is -8.98. The highest BCUT2D eigenvalue weighted by Gasteiger charge is 2.52. The maximum Gasteiger partial charge on any atom is 0.143 e. The second kappa shape index (κ2) is 14.8. The average molecular weight is 890 g/mol. The highest BCUT2D eigenvalue weighted by molar-refractivity contribution is 6.09. The molecular weight excluding hydrogens is 847 g/mol. The van der Waals surface area contributed by atoms with E-state index in [1.807, 2.05) is 6.07 Å². The van der Waals surface area contributed by atoms with Crippen LogP contribution in [0.3, 0.4) is 0 Å². The number of benzene rings is 11. The van der Waals surface area contributed by atoms with Crippen molar-refractivity contribution in [3.63, 3.8) is 0 Å². The van der Waals surface area contributed by atoms with Crippen LogP contribution in [-0.2, 0) is 10.8 Å². The highest BCUT2D eigenvalue weighted by Crippen LogP contribution is 2.63. The summed E-state index contributed by atoms with van der Waals surface area (Å²) in [6.45, 7) is 0. The van der Waals surface area contributed by atoms with Gasteiger partial charge >= 0.3 is 0 Å². The van der Waals surface area contributed by atoms with Gasteiger partial charge in [0, 0.05) is 33.4 Å². The Morgan fingerprint density at radius 3 is 1.26 bits per heavy atom. The van der Waals surface area contributed by atoms with Gasteiger partial charge in [-0.15, -0.1) is 0 Å². The third kappa shape index (κ3) is 5.17. The minimum atomic E-state index is -0.494. The molecule has 0 saturated heterocycles. The largest absolute Gasteiger partial charge is 0.455 e. The predicted molar refractivity (Wildman–Crippen MR) is 287 cm³/mol. The van der Waals surface area contributed by atoms with Gasteiger partial charge in [0.25, 0.3) is 0 Å². The molecule has 0 saturated carbocycles. The molecule has 326 valence electrons. The summed E-state index contributed by atoms with van der Waals surface area (Å²) in [5.41, 5.74) is 24.4. The molecule has 3 aliphatic carbocycles. The van der Waals surface area contributed by atoms with Gasteiger partial charge in [0.05, 0.1) is 10.8 Å². The minimum absolute atomic E-state index is 0.467. The molecule has 0 atom stereocenters. The molecule has 1 spiro atoms. The number of fused-ring (bicyclic) bond motifs is 16. The summed E-state index contributed by atoms with van der Waals surface area (Å²) in [4.78, 5) is 2.45. The number of hydrogen-bond donors (Lipinski definition) is 0. The van der Waals surface area contributed by atoms with Crippen molar-refractivity contribution in [1.82, 2.24) is 0 Å². The smallest absolute Gasteiger partial charge is 0.143 e. The maximum absolute atomic E-state index is 6.55. The number of anilines is 3. The Bertz CT molecular complexity index is 3960. The maximum atomic E-state index is 6.55. The van der Waals surface area contributed by atoms with Crippen LogP contribution in [0.15, 0.2) is 265 Å². The SMILES string of the molecule is c1ccc(C2(c3ccc(N(c4ccc(-c5cccc6c5oc5ccccc56)cc4)c4ccc5c(c4)C4(c6ccccc6-c6ccccc64)c4ccccc4-5)cc3)c3ccccc3-c3ccccc32)cc1. The Labute approximate surface area is 407 Å². The molecule has 0 fully saturated rings. The van der Waals surface area contributed by atoms with Crippen molar-refractivity contribution in [1.29, 1.82) is 0 Å². The summed E-state index contributed by atoms with van der Waals surface area (Å²) in [6.07, 6.45) is 0. The fraction of sp³-hybridized carbons (Fsp3) is 0.0294. The van der Waals surface area contributed by atoms with Crippen molar-refractivity contribution in [2.45, 2.75) is 10.8 Å². The van der Waals surface area contributed by atoms with Crippen LogP contribution in [0.4, 0.5) is 17.1 Å². The molecule has 0 unspecified atom stereocenters. The van der Waals surface area contributed by atoms with Crippen LogP contribution < -0.4 is 4.90 Å². The molecule has 1 heterocycles. The summed E-state index contributed by atoms with van der Waals surface area (Å²) in [7, 11) is 0. The normalized spacial score (nSPS) is 13.9. The fourth-order valence-corrected chi connectivity index (χ4v) is 13.0. The summed E-state index contributed by atoms with van der Waals surface area (Å²) in [5.74, 6) is 0. The van der Waals surface area contributed by atoms with Crippen molar-refractivity contribution in [3.8, 4) is 44.5 Å². The van der Waals surface area contributed by atoms with Crippen LogP contribution in [0.25, 0.3) is 66.4 Å². The van der Waals surface area contributed by atoms with Crippen molar-refractivity contribution >= 4 is 39.0 Å². The molecule has 70 heavy (non-hydrogen) atoms. The third-order valence-electron chi connectivity index (χ3n) is 15.8. The van der Waals surface area contributed by atoms with E-state index >= 15 is 0 Å². The molecule has 1 aromatic heterocycles. The lowest BCUT2D eigenvalue weighted by Crippen LogP contribution is -2.28. The third-order valence-corrected chi connectivity index (χ3v) is 15.8. The number of furan rings is 1. The van der Waals surface area contributed by atoms with Crippen LogP contribution in [0.1, 0.15) is 44.5 Å². The summed E-state index contributed by atoms with van der Waals surface area (Å²) in [6, 6.07) is 96.6. The zero-order valence-electron chi connectivity index (χ0n) is 38.2. The molecule has 0 radical (unpaired) electrons. The Morgan fingerprint density at radius 1 is 0.271 bits per heavy atom. The molecule has 12 aromatic rings. The summed E-state index contributed by atoms with van der Waals surface area (Å²) >= 11 is 0. The van der Waals surface area contributed by atoms with Crippen LogP contribution >= 0.6 is 0 Å². The second-order valence-corrected chi connectivity index (χ2v) is 19.0. The lowest BCUT2D eigenvalue weighted by atomic mass is 9.67. The standard InChI is InChI=1S/C68H43NO/c1-2-17-45(18-3-1)67(59-27-10-4-19-51(59)52-20-5-11-28-60(52)67)46-35-39-48(40-36-46)69(47-37-33-44(34-38-47)50-25-16-26-58-57-24-9-15-32-65(57)70-66(50)58)49-41-42-56-55-23-8-14-31-63(55)68(64(56)43-49)61-29-12-6-21-53(61)54-22-7-13-30-62(54)68/h1-43H.